The third-order valence-corrected chi connectivity index (χ3v) is 5.15. The number of carbonyl (C=O) groups excluding carboxylic acids is 1. The van der Waals surface area contributed by atoms with Gasteiger partial charge < -0.3 is 14.8 Å². The van der Waals surface area contributed by atoms with Crippen molar-refractivity contribution in [2.45, 2.75) is 12.8 Å². The topological polar surface area (TPSA) is 96.6 Å². The number of hydrogen-bond donors (Lipinski definition) is 2. The summed E-state index contributed by atoms with van der Waals surface area (Å²) in [4.78, 5) is 35.3. The Balaban J connectivity index is 1.73. The average molecular weight is 422 g/mol. The molecule has 0 unspecified atom stereocenters. The van der Waals surface area contributed by atoms with Crippen LogP contribution < -0.4 is 10.7 Å². The van der Waals surface area contributed by atoms with Crippen LogP contribution in [-0.2, 0) is 16.0 Å². The molecule has 0 spiro atoms. The number of carboxylic acids is 1. The second kappa shape index (κ2) is 8.00. The van der Waals surface area contributed by atoms with Crippen molar-refractivity contribution in [2.75, 3.05) is 5.32 Å². The van der Waals surface area contributed by atoms with Crippen LogP contribution in [0.2, 0.25) is 5.02 Å². The standard InChI is InChI=1S/C23H16ClNO5/c24-18-4-2-1-3-13(18)11-14-5-7-17-22(29)16-8-6-15(12-19(16)30-23(14)17)25-20(26)9-10-21(27)28/h1-4,6,8-12H,5,7H2,(H,25,26)(H,27,28)/b10-9+,14-11+. The predicted molar refractivity (Wildman–Crippen MR) is 116 cm³/mol. The van der Waals surface area contributed by atoms with Crippen LogP contribution in [0.15, 0.2) is 63.8 Å². The zero-order chi connectivity index (χ0) is 21.3. The Hall–Kier alpha value is -3.64. The molecule has 0 saturated heterocycles. The number of hydrogen-bond acceptors (Lipinski definition) is 4. The maximum Gasteiger partial charge on any atom is 0.328 e. The van der Waals surface area contributed by atoms with Gasteiger partial charge in [0.15, 0.2) is 5.43 Å². The van der Waals surface area contributed by atoms with Crippen LogP contribution in [0.5, 0.6) is 0 Å². The van der Waals surface area contributed by atoms with Gasteiger partial charge in [-0.2, -0.15) is 0 Å². The summed E-state index contributed by atoms with van der Waals surface area (Å²) < 4.78 is 6.06. The summed E-state index contributed by atoms with van der Waals surface area (Å²) >= 11 is 6.25. The van der Waals surface area contributed by atoms with Crippen LogP contribution in [0.1, 0.15) is 23.3 Å². The summed E-state index contributed by atoms with van der Waals surface area (Å²) in [6, 6.07) is 12.1. The van der Waals surface area contributed by atoms with Crippen molar-refractivity contribution < 1.29 is 19.1 Å². The van der Waals surface area contributed by atoms with Crippen LogP contribution in [0.3, 0.4) is 0 Å². The fraction of sp³-hybridized carbons (Fsp3) is 0.0870. The van der Waals surface area contributed by atoms with Crippen molar-refractivity contribution in [3.8, 4) is 0 Å². The van der Waals surface area contributed by atoms with Gasteiger partial charge in [-0.05, 0) is 48.3 Å². The molecule has 0 saturated carbocycles. The van der Waals surface area contributed by atoms with E-state index in [0.29, 0.717) is 45.8 Å². The smallest absolute Gasteiger partial charge is 0.328 e. The number of carboxylic acid groups (broad SMARTS) is 1. The van der Waals surface area contributed by atoms with Gasteiger partial charge in [-0.3, -0.25) is 9.59 Å². The van der Waals surface area contributed by atoms with Crippen molar-refractivity contribution in [2.24, 2.45) is 0 Å². The van der Waals surface area contributed by atoms with Gasteiger partial charge >= 0.3 is 5.97 Å². The fourth-order valence-electron chi connectivity index (χ4n) is 3.42. The number of anilines is 1. The van der Waals surface area contributed by atoms with E-state index >= 15 is 0 Å². The largest absolute Gasteiger partial charge is 0.478 e. The SMILES string of the molecule is O=C(O)/C=C/C(=O)Nc1ccc2c(=O)c3c(oc2c1)/C(=C/c1ccccc1Cl)CC3. The Morgan fingerprint density at radius 3 is 2.67 bits per heavy atom. The van der Waals surface area contributed by atoms with E-state index in [9.17, 15) is 14.4 Å². The van der Waals surface area contributed by atoms with Crippen molar-refractivity contribution >= 4 is 51.8 Å². The number of amides is 1. The van der Waals surface area contributed by atoms with Gasteiger partial charge in [-0.25, -0.2) is 4.79 Å². The molecule has 1 heterocycles. The van der Waals surface area contributed by atoms with Crippen molar-refractivity contribution in [1.82, 2.24) is 0 Å². The summed E-state index contributed by atoms with van der Waals surface area (Å²) in [7, 11) is 0. The number of benzene rings is 2. The molecule has 1 aliphatic rings. The molecule has 1 aromatic heterocycles. The maximum atomic E-state index is 12.9. The second-order valence-corrected chi connectivity index (χ2v) is 7.21. The Bertz CT molecular complexity index is 1300. The van der Waals surface area contributed by atoms with Crippen molar-refractivity contribution in [3.63, 3.8) is 0 Å². The zero-order valence-corrected chi connectivity index (χ0v) is 16.4. The highest BCUT2D eigenvalue weighted by molar-refractivity contribution is 6.32. The van der Waals surface area contributed by atoms with Gasteiger partial charge in [0.2, 0.25) is 5.91 Å². The minimum atomic E-state index is -1.22. The molecule has 0 bridgehead atoms. The molecule has 2 N–H and O–H groups in total. The Labute approximate surface area is 176 Å². The normalized spacial score (nSPS) is 14.4. The lowest BCUT2D eigenvalue weighted by Crippen LogP contribution is -2.11. The molecular formula is C23H16ClNO5. The van der Waals surface area contributed by atoms with E-state index in [1.807, 2.05) is 24.3 Å². The molecule has 0 fully saturated rings. The van der Waals surface area contributed by atoms with Gasteiger partial charge in [0.25, 0.3) is 0 Å². The lowest BCUT2D eigenvalue weighted by Gasteiger charge is -2.07. The summed E-state index contributed by atoms with van der Waals surface area (Å²) in [5, 5.41) is 12.2. The van der Waals surface area contributed by atoms with Crippen molar-refractivity contribution in [3.05, 3.63) is 86.7 Å². The third-order valence-electron chi connectivity index (χ3n) is 4.80. The fourth-order valence-corrected chi connectivity index (χ4v) is 3.61. The third kappa shape index (κ3) is 3.90. The van der Waals surface area contributed by atoms with Gasteiger partial charge in [0.1, 0.15) is 11.3 Å². The van der Waals surface area contributed by atoms with Crippen LogP contribution in [0.4, 0.5) is 5.69 Å². The summed E-state index contributed by atoms with van der Waals surface area (Å²) in [6.45, 7) is 0. The quantitative estimate of drug-likeness (QED) is 0.604. The Kier molecular flexibility index (Phi) is 5.25. The lowest BCUT2D eigenvalue weighted by molar-refractivity contribution is -0.131. The van der Waals surface area contributed by atoms with Crippen LogP contribution >= 0.6 is 11.6 Å². The summed E-state index contributed by atoms with van der Waals surface area (Å²) in [6.07, 6.45) is 4.83. The first-order valence-corrected chi connectivity index (χ1v) is 9.57. The number of halogens is 1. The van der Waals surface area contributed by atoms with Crippen LogP contribution in [-0.4, -0.2) is 17.0 Å². The van der Waals surface area contributed by atoms with Gasteiger partial charge in [0, 0.05) is 34.5 Å². The molecule has 1 aliphatic carbocycles. The van der Waals surface area contributed by atoms with Crippen LogP contribution in [0, 0.1) is 0 Å². The van der Waals surface area contributed by atoms with Crippen molar-refractivity contribution in [1.29, 1.82) is 0 Å². The van der Waals surface area contributed by atoms with Gasteiger partial charge in [-0.1, -0.05) is 29.8 Å². The van der Waals surface area contributed by atoms with E-state index in [1.165, 1.54) is 0 Å². The number of nitrogens with one attached hydrogen (secondary N) is 1. The molecule has 4 rings (SSSR count). The first-order chi connectivity index (χ1) is 14.4. The Morgan fingerprint density at radius 2 is 1.90 bits per heavy atom. The number of fused-ring (bicyclic) bond motifs is 2. The molecule has 2 aromatic carbocycles. The number of carbonyl (C=O) groups is 2. The lowest BCUT2D eigenvalue weighted by atomic mass is 10.1. The number of aliphatic carboxylic acids is 1. The second-order valence-electron chi connectivity index (χ2n) is 6.80. The molecule has 0 atom stereocenters. The molecule has 7 heteroatoms. The van der Waals surface area contributed by atoms with E-state index in [4.69, 9.17) is 21.1 Å². The van der Waals surface area contributed by atoms with E-state index < -0.39 is 11.9 Å². The average Bonchev–Trinajstić information content (AvgIpc) is 3.11. The first kappa shape index (κ1) is 19.7. The first-order valence-electron chi connectivity index (χ1n) is 9.19. The highest BCUT2D eigenvalue weighted by atomic mass is 35.5. The number of rotatable bonds is 4. The number of allylic oxidation sites excluding steroid dienone is 1. The molecule has 0 aliphatic heterocycles. The minimum Gasteiger partial charge on any atom is -0.478 e. The van der Waals surface area contributed by atoms with Gasteiger partial charge in [-0.15, -0.1) is 0 Å². The highest BCUT2D eigenvalue weighted by Crippen LogP contribution is 2.35. The highest BCUT2D eigenvalue weighted by Gasteiger charge is 2.24. The van der Waals surface area contributed by atoms with E-state index in [1.54, 1.807) is 24.3 Å². The van der Waals surface area contributed by atoms with E-state index in [-0.39, 0.29) is 5.43 Å². The van der Waals surface area contributed by atoms with Gasteiger partial charge in [0.05, 0.1) is 5.39 Å². The maximum absolute atomic E-state index is 12.9. The zero-order valence-electron chi connectivity index (χ0n) is 15.6. The minimum absolute atomic E-state index is 0.0996. The van der Waals surface area contributed by atoms with Crippen LogP contribution in [0.25, 0.3) is 22.6 Å². The predicted octanol–water partition coefficient (Wildman–Crippen LogP) is 4.51. The summed E-state index contributed by atoms with van der Waals surface area (Å²) in [5.41, 5.74) is 2.98. The molecule has 3 aromatic rings. The monoisotopic (exact) mass is 421 g/mol. The molecule has 150 valence electrons. The summed E-state index contributed by atoms with van der Waals surface area (Å²) in [5.74, 6) is -1.29. The molecule has 0 radical (unpaired) electrons. The molecule has 1 amide bonds. The van der Waals surface area contributed by atoms with E-state index in [0.717, 1.165) is 23.3 Å². The molecular weight excluding hydrogens is 406 g/mol. The molecule has 30 heavy (non-hydrogen) atoms. The van der Waals surface area contributed by atoms with E-state index in [2.05, 4.69) is 5.32 Å². The Morgan fingerprint density at radius 1 is 1.10 bits per heavy atom. The molecule has 6 nitrogen and oxygen atoms in total.